The van der Waals surface area contributed by atoms with E-state index in [1.54, 1.807) is 6.92 Å². The Labute approximate surface area is 90.2 Å². The third-order valence-corrected chi connectivity index (χ3v) is 2.12. The highest BCUT2D eigenvalue weighted by molar-refractivity contribution is 5.80. The summed E-state index contributed by atoms with van der Waals surface area (Å²) in [6.07, 6.45) is 3.58. The SMILES string of the molecule is CCO[C@H](C)C(=O)NCCn1cccc1. The first-order chi connectivity index (χ1) is 7.24. The molecule has 0 aromatic carbocycles. The van der Waals surface area contributed by atoms with Gasteiger partial charge in [0.05, 0.1) is 0 Å². The van der Waals surface area contributed by atoms with Gasteiger partial charge in [0.15, 0.2) is 0 Å². The normalized spacial score (nSPS) is 12.4. The van der Waals surface area contributed by atoms with Gasteiger partial charge < -0.3 is 14.6 Å². The second-order valence-electron chi connectivity index (χ2n) is 3.31. The average molecular weight is 210 g/mol. The van der Waals surface area contributed by atoms with Gasteiger partial charge in [-0.1, -0.05) is 0 Å². The van der Waals surface area contributed by atoms with Crippen molar-refractivity contribution >= 4 is 5.91 Å². The molecule has 15 heavy (non-hydrogen) atoms. The van der Waals surface area contributed by atoms with Gasteiger partial charge in [-0.3, -0.25) is 4.79 Å². The third-order valence-electron chi connectivity index (χ3n) is 2.12. The molecule has 0 bridgehead atoms. The quantitative estimate of drug-likeness (QED) is 0.762. The number of carbonyl (C=O) groups excluding carboxylic acids is 1. The smallest absolute Gasteiger partial charge is 0.248 e. The molecule has 4 nitrogen and oxygen atoms in total. The summed E-state index contributed by atoms with van der Waals surface area (Å²) in [5.74, 6) is -0.0518. The molecular weight excluding hydrogens is 192 g/mol. The molecule has 0 unspecified atom stereocenters. The van der Waals surface area contributed by atoms with Crippen molar-refractivity contribution < 1.29 is 9.53 Å². The Morgan fingerprint density at radius 2 is 2.13 bits per heavy atom. The van der Waals surface area contributed by atoms with Crippen LogP contribution in [-0.4, -0.2) is 29.7 Å². The van der Waals surface area contributed by atoms with Crippen molar-refractivity contribution in [2.75, 3.05) is 13.2 Å². The van der Waals surface area contributed by atoms with Crippen molar-refractivity contribution in [3.05, 3.63) is 24.5 Å². The van der Waals surface area contributed by atoms with E-state index < -0.39 is 0 Å². The van der Waals surface area contributed by atoms with Crippen LogP contribution in [-0.2, 0) is 16.1 Å². The number of amides is 1. The minimum Gasteiger partial charge on any atom is -0.369 e. The standard InChI is InChI=1S/C11H18N2O2/c1-3-15-10(2)11(14)12-6-9-13-7-4-5-8-13/h4-5,7-8,10H,3,6,9H2,1-2H3,(H,12,14)/t10-/m1/s1. The van der Waals surface area contributed by atoms with Crippen molar-refractivity contribution in [2.24, 2.45) is 0 Å². The molecular formula is C11H18N2O2. The number of rotatable bonds is 6. The van der Waals surface area contributed by atoms with E-state index in [1.807, 2.05) is 36.0 Å². The number of carbonyl (C=O) groups is 1. The van der Waals surface area contributed by atoms with Crippen LogP contribution in [0.2, 0.25) is 0 Å². The summed E-state index contributed by atoms with van der Waals surface area (Å²) in [4.78, 5) is 11.4. The Morgan fingerprint density at radius 3 is 2.73 bits per heavy atom. The molecule has 1 aromatic heterocycles. The van der Waals surface area contributed by atoms with Crippen LogP contribution in [0.4, 0.5) is 0 Å². The summed E-state index contributed by atoms with van der Waals surface area (Å²) in [5.41, 5.74) is 0. The Bertz CT molecular complexity index is 283. The van der Waals surface area contributed by atoms with Gasteiger partial charge in [0.25, 0.3) is 0 Å². The maximum atomic E-state index is 11.4. The van der Waals surface area contributed by atoms with Crippen LogP contribution in [0.1, 0.15) is 13.8 Å². The Hall–Kier alpha value is -1.29. The number of aromatic nitrogens is 1. The van der Waals surface area contributed by atoms with Crippen LogP contribution in [0, 0.1) is 0 Å². The molecule has 1 rings (SSSR count). The van der Waals surface area contributed by atoms with E-state index in [2.05, 4.69) is 5.32 Å². The predicted molar refractivity (Wildman–Crippen MR) is 58.5 cm³/mol. The zero-order chi connectivity index (χ0) is 11.1. The molecule has 0 fully saturated rings. The Kier molecular flexibility index (Phi) is 4.90. The fraction of sp³-hybridized carbons (Fsp3) is 0.545. The van der Waals surface area contributed by atoms with E-state index in [-0.39, 0.29) is 12.0 Å². The molecule has 0 saturated carbocycles. The van der Waals surface area contributed by atoms with Crippen LogP contribution < -0.4 is 5.32 Å². The molecule has 84 valence electrons. The largest absolute Gasteiger partial charge is 0.369 e. The van der Waals surface area contributed by atoms with Crippen molar-refractivity contribution in [2.45, 2.75) is 26.5 Å². The van der Waals surface area contributed by atoms with Gasteiger partial charge in [0, 0.05) is 32.1 Å². The number of hydrogen-bond donors (Lipinski definition) is 1. The molecule has 1 amide bonds. The first kappa shape index (κ1) is 11.8. The highest BCUT2D eigenvalue weighted by atomic mass is 16.5. The minimum absolute atomic E-state index is 0.0518. The van der Waals surface area contributed by atoms with Crippen molar-refractivity contribution in [3.63, 3.8) is 0 Å². The van der Waals surface area contributed by atoms with Gasteiger partial charge in [0.1, 0.15) is 6.10 Å². The summed E-state index contributed by atoms with van der Waals surface area (Å²) in [5, 5.41) is 2.82. The Morgan fingerprint density at radius 1 is 1.47 bits per heavy atom. The summed E-state index contributed by atoms with van der Waals surface area (Å²) in [7, 11) is 0. The van der Waals surface area contributed by atoms with E-state index in [0.717, 1.165) is 6.54 Å². The van der Waals surface area contributed by atoms with E-state index in [1.165, 1.54) is 0 Å². The Balaban J connectivity index is 2.17. The van der Waals surface area contributed by atoms with Gasteiger partial charge in [-0.15, -0.1) is 0 Å². The van der Waals surface area contributed by atoms with Gasteiger partial charge in [-0.2, -0.15) is 0 Å². The minimum atomic E-state index is -0.361. The fourth-order valence-corrected chi connectivity index (χ4v) is 1.30. The van der Waals surface area contributed by atoms with Crippen LogP contribution in [0.3, 0.4) is 0 Å². The van der Waals surface area contributed by atoms with Gasteiger partial charge >= 0.3 is 0 Å². The molecule has 0 aliphatic heterocycles. The molecule has 0 aliphatic rings. The molecule has 0 aliphatic carbocycles. The molecule has 4 heteroatoms. The first-order valence-electron chi connectivity index (χ1n) is 5.24. The molecule has 1 atom stereocenters. The maximum Gasteiger partial charge on any atom is 0.248 e. The summed E-state index contributed by atoms with van der Waals surface area (Å²) in [6.45, 7) is 5.62. The lowest BCUT2D eigenvalue weighted by Crippen LogP contribution is -2.36. The highest BCUT2D eigenvalue weighted by Gasteiger charge is 2.10. The fourth-order valence-electron chi connectivity index (χ4n) is 1.30. The monoisotopic (exact) mass is 210 g/mol. The summed E-state index contributed by atoms with van der Waals surface area (Å²) >= 11 is 0. The maximum absolute atomic E-state index is 11.4. The van der Waals surface area contributed by atoms with Gasteiger partial charge in [0.2, 0.25) is 5.91 Å². The number of ether oxygens (including phenoxy) is 1. The van der Waals surface area contributed by atoms with E-state index in [0.29, 0.717) is 13.2 Å². The average Bonchev–Trinajstić information content (AvgIpc) is 2.71. The number of nitrogens with one attached hydrogen (secondary N) is 1. The van der Waals surface area contributed by atoms with Gasteiger partial charge in [-0.25, -0.2) is 0 Å². The lowest BCUT2D eigenvalue weighted by Gasteiger charge is -2.12. The number of hydrogen-bond acceptors (Lipinski definition) is 2. The first-order valence-corrected chi connectivity index (χ1v) is 5.24. The molecule has 0 radical (unpaired) electrons. The molecule has 1 aromatic rings. The lowest BCUT2D eigenvalue weighted by atomic mass is 10.3. The number of nitrogens with zero attached hydrogens (tertiary/aromatic N) is 1. The van der Waals surface area contributed by atoms with Crippen molar-refractivity contribution in [1.29, 1.82) is 0 Å². The molecule has 0 spiro atoms. The van der Waals surface area contributed by atoms with Crippen LogP contribution >= 0.6 is 0 Å². The van der Waals surface area contributed by atoms with Crippen molar-refractivity contribution in [3.8, 4) is 0 Å². The van der Waals surface area contributed by atoms with Crippen LogP contribution in [0.15, 0.2) is 24.5 Å². The summed E-state index contributed by atoms with van der Waals surface area (Å²) < 4.78 is 7.19. The van der Waals surface area contributed by atoms with Crippen LogP contribution in [0.5, 0.6) is 0 Å². The van der Waals surface area contributed by atoms with Crippen molar-refractivity contribution in [1.82, 2.24) is 9.88 Å². The van der Waals surface area contributed by atoms with E-state index in [9.17, 15) is 4.79 Å². The lowest BCUT2D eigenvalue weighted by molar-refractivity contribution is -0.131. The van der Waals surface area contributed by atoms with E-state index >= 15 is 0 Å². The van der Waals surface area contributed by atoms with E-state index in [4.69, 9.17) is 4.74 Å². The predicted octanol–water partition coefficient (Wildman–Crippen LogP) is 1.03. The van der Waals surface area contributed by atoms with Gasteiger partial charge in [-0.05, 0) is 26.0 Å². The zero-order valence-electron chi connectivity index (χ0n) is 9.27. The second-order valence-corrected chi connectivity index (χ2v) is 3.31. The third kappa shape index (κ3) is 4.16. The van der Waals surface area contributed by atoms with Crippen LogP contribution in [0.25, 0.3) is 0 Å². The summed E-state index contributed by atoms with van der Waals surface area (Å²) in [6, 6.07) is 3.93. The second kappa shape index (κ2) is 6.24. The molecule has 1 N–H and O–H groups in total. The highest BCUT2D eigenvalue weighted by Crippen LogP contribution is 1.91. The molecule has 1 heterocycles. The zero-order valence-corrected chi connectivity index (χ0v) is 9.27. The topological polar surface area (TPSA) is 43.3 Å². The molecule has 0 saturated heterocycles.